The Morgan fingerprint density at radius 1 is 1.09 bits per heavy atom. The van der Waals surface area contributed by atoms with Gasteiger partial charge in [-0.25, -0.2) is 21.1 Å². The van der Waals surface area contributed by atoms with Crippen molar-refractivity contribution in [1.82, 2.24) is 9.62 Å². The molecule has 0 atom stereocenters. The van der Waals surface area contributed by atoms with Crippen LogP contribution in [-0.4, -0.2) is 57.9 Å². The van der Waals surface area contributed by atoms with Crippen LogP contribution >= 0.6 is 0 Å². The molecule has 1 fully saturated rings. The van der Waals surface area contributed by atoms with E-state index >= 15 is 0 Å². The molecular formula is C20H24N4O7S2. The maximum Gasteiger partial charge on any atom is 0.270 e. The average Bonchev–Trinajstić information content (AvgIpc) is 2.77. The van der Waals surface area contributed by atoms with Crippen LogP contribution in [0.15, 0.2) is 53.4 Å². The topological polar surface area (TPSA) is 156 Å². The number of hydrogen-bond acceptors (Lipinski definition) is 7. The number of amides is 1. The molecule has 2 aromatic carbocycles. The summed E-state index contributed by atoms with van der Waals surface area (Å²) < 4.78 is 52.5. The smallest absolute Gasteiger partial charge is 0.270 e. The Labute approximate surface area is 192 Å². The van der Waals surface area contributed by atoms with Crippen LogP contribution in [0.3, 0.4) is 0 Å². The summed E-state index contributed by atoms with van der Waals surface area (Å²) in [5.74, 6) is -0.390. The molecule has 1 amide bonds. The first-order valence-electron chi connectivity index (χ1n) is 10.1. The molecule has 0 aliphatic carbocycles. The van der Waals surface area contributed by atoms with Gasteiger partial charge in [-0.3, -0.25) is 19.6 Å². The first-order chi connectivity index (χ1) is 15.5. The van der Waals surface area contributed by atoms with Gasteiger partial charge in [-0.05, 0) is 37.0 Å². The molecule has 0 radical (unpaired) electrons. The maximum absolute atomic E-state index is 12.8. The third kappa shape index (κ3) is 6.27. The minimum Gasteiger partial charge on any atom is -0.352 e. The zero-order valence-corrected chi connectivity index (χ0v) is 19.4. The minimum absolute atomic E-state index is 0.0356. The van der Waals surface area contributed by atoms with Crippen LogP contribution < -0.4 is 10.0 Å². The number of piperidine rings is 1. The number of nitrogens with zero attached hydrogens (tertiary/aromatic N) is 2. The van der Waals surface area contributed by atoms with Gasteiger partial charge in [0.15, 0.2) is 0 Å². The van der Waals surface area contributed by atoms with Gasteiger partial charge in [0.25, 0.3) is 21.6 Å². The molecule has 11 nitrogen and oxygen atoms in total. The second-order valence-corrected chi connectivity index (χ2v) is 11.4. The van der Waals surface area contributed by atoms with E-state index in [-0.39, 0.29) is 27.8 Å². The number of nitrogens with one attached hydrogen (secondary N) is 2. The van der Waals surface area contributed by atoms with Crippen molar-refractivity contribution in [2.45, 2.75) is 17.7 Å². The molecule has 1 aliphatic rings. The van der Waals surface area contributed by atoms with E-state index in [2.05, 4.69) is 10.0 Å². The number of carbonyl (C=O) groups excluding carboxylic acids is 1. The van der Waals surface area contributed by atoms with Crippen LogP contribution in [0.1, 0.15) is 23.2 Å². The predicted molar refractivity (Wildman–Crippen MR) is 122 cm³/mol. The van der Waals surface area contributed by atoms with Crippen molar-refractivity contribution < 1.29 is 26.6 Å². The SMILES string of the molecule is CS(=O)(=O)N1CCC(CNC(=O)c2ccccc2NS(=O)(=O)c2cccc([N+](=O)[O-])c2)CC1. The van der Waals surface area contributed by atoms with E-state index in [1.165, 1.54) is 40.9 Å². The first kappa shape index (κ1) is 24.6. The standard InChI is InChI=1S/C20H24N4O7S2/c1-32(28,29)23-11-9-15(10-12-23)14-21-20(25)18-7-2-3-8-19(18)22-33(30,31)17-6-4-5-16(13-17)24(26)27/h2-8,13,15,22H,9-12,14H2,1H3,(H,21,25). The van der Waals surface area contributed by atoms with Gasteiger partial charge in [0.2, 0.25) is 10.0 Å². The van der Waals surface area contributed by atoms with Crippen LogP contribution in [0.25, 0.3) is 0 Å². The molecule has 0 spiro atoms. The Bertz CT molecular complexity index is 1250. The molecule has 0 bridgehead atoms. The van der Waals surface area contributed by atoms with Gasteiger partial charge in [0.05, 0.1) is 27.3 Å². The number of anilines is 1. The number of non-ortho nitro benzene ring substituents is 1. The molecular weight excluding hydrogens is 472 g/mol. The second kappa shape index (κ2) is 9.85. The number of rotatable bonds is 8. The highest BCUT2D eigenvalue weighted by Gasteiger charge is 2.26. The molecule has 1 saturated heterocycles. The predicted octanol–water partition coefficient (Wildman–Crippen LogP) is 1.80. The summed E-state index contributed by atoms with van der Waals surface area (Å²) in [5.41, 5.74) is -0.237. The highest BCUT2D eigenvalue weighted by atomic mass is 32.2. The molecule has 0 aromatic heterocycles. The summed E-state index contributed by atoms with van der Waals surface area (Å²) in [7, 11) is -7.41. The van der Waals surface area contributed by atoms with Crippen molar-refractivity contribution in [3.8, 4) is 0 Å². The number of para-hydroxylation sites is 1. The average molecular weight is 497 g/mol. The zero-order chi connectivity index (χ0) is 24.2. The Balaban J connectivity index is 1.68. The van der Waals surface area contributed by atoms with Crippen molar-refractivity contribution in [2.75, 3.05) is 30.6 Å². The van der Waals surface area contributed by atoms with E-state index in [9.17, 15) is 31.7 Å². The summed E-state index contributed by atoms with van der Waals surface area (Å²) >= 11 is 0. The zero-order valence-electron chi connectivity index (χ0n) is 17.8. The summed E-state index contributed by atoms with van der Waals surface area (Å²) in [4.78, 5) is 22.7. The van der Waals surface area contributed by atoms with Gasteiger partial charge in [-0.15, -0.1) is 0 Å². The summed E-state index contributed by atoms with van der Waals surface area (Å²) in [5, 5.41) is 13.7. The highest BCUT2D eigenvalue weighted by Crippen LogP contribution is 2.23. The lowest BCUT2D eigenvalue weighted by atomic mass is 9.98. The Morgan fingerprint density at radius 3 is 2.39 bits per heavy atom. The van der Waals surface area contributed by atoms with Gasteiger partial charge < -0.3 is 5.32 Å². The number of benzene rings is 2. The van der Waals surface area contributed by atoms with Crippen LogP contribution in [0.4, 0.5) is 11.4 Å². The van der Waals surface area contributed by atoms with Crippen LogP contribution in [0.2, 0.25) is 0 Å². The fourth-order valence-electron chi connectivity index (χ4n) is 3.52. The molecule has 33 heavy (non-hydrogen) atoms. The van der Waals surface area contributed by atoms with Crippen LogP contribution in [0, 0.1) is 16.0 Å². The molecule has 1 aliphatic heterocycles. The summed E-state index contributed by atoms with van der Waals surface area (Å²) in [6.07, 6.45) is 2.38. The van der Waals surface area contributed by atoms with Gasteiger partial charge in [-0.2, -0.15) is 0 Å². The normalized spacial score (nSPS) is 15.7. The summed E-state index contributed by atoms with van der Waals surface area (Å²) in [6, 6.07) is 10.6. The molecule has 0 saturated carbocycles. The third-order valence-electron chi connectivity index (χ3n) is 5.35. The molecule has 3 rings (SSSR count). The largest absolute Gasteiger partial charge is 0.352 e. The van der Waals surface area contributed by atoms with E-state index < -0.39 is 30.9 Å². The van der Waals surface area contributed by atoms with Crippen molar-refractivity contribution in [2.24, 2.45) is 5.92 Å². The first-order valence-corrected chi connectivity index (χ1v) is 13.4. The van der Waals surface area contributed by atoms with Gasteiger partial charge in [0.1, 0.15) is 0 Å². The minimum atomic E-state index is -4.18. The number of sulfonamides is 2. The Hall–Kier alpha value is -3.03. The highest BCUT2D eigenvalue weighted by molar-refractivity contribution is 7.92. The quantitative estimate of drug-likeness (QED) is 0.417. The number of hydrogen-bond donors (Lipinski definition) is 2. The van der Waals surface area contributed by atoms with Crippen molar-refractivity contribution >= 4 is 37.3 Å². The van der Waals surface area contributed by atoms with Crippen LogP contribution in [0.5, 0.6) is 0 Å². The number of nitro groups is 1. The third-order valence-corrected chi connectivity index (χ3v) is 8.01. The second-order valence-electron chi connectivity index (χ2n) is 7.72. The van der Waals surface area contributed by atoms with Crippen LogP contribution in [-0.2, 0) is 20.0 Å². The fraction of sp³-hybridized carbons (Fsp3) is 0.350. The van der Waals surface area contributed by atoms with Gasteiger partial charge in [-0.1, -0.05) is 18.2 Å². The molecule has 178 valence electrons. The molecule has 0 unspecified atom stereocenters. The van der Waals surface area contributed by atoms with Crippen molar-refractivity contribution in [3.05, 3.63) is 64.2 Å². The monoisotopic (exact) mass is 496 g/mol. The molecule has 2 aromatic rings. The van der Waals surface area contributed by atoms with E-state index in [0.29, 0.717) is 32.5 Å². The lowest BCUT2D eigenvalue weighted by Crippen LogP contribution is -2.41. The van der Waals surface area contributed by atoms with Crippen molar-refractivity contribution in [3.63, 3.8) is 0 Å². The lowest BCUT2D eigenvalue weighted by Gasteiger charge is -2.30. The van der Waals surface area contributed by atoms with E-state index in [4.69, 9.17) is 0 Å². The fourth-order valence-corrected chi connectivity index (χ4v) is 5.51. The number of carbonyl (C=O) groups is 1. The molecule has 1 heterocycles. The van der Waals surface area contributed by atoms with Crippen molar-refractivity contribution in [1.29, 1.82) is 0 Å². The lowest BCUT2D eigenvalue weighted by molar-refractivity contribution is -0.385. The van der Waals surface area contributed by atoms with Gasteiger partial charge >= 0.3 is 0 Å². The molecule has 2 N–H and O–H groups in total. The molecule has 13 heteroatoms. The Kier molecular flexibility index (Phi) is 7.34. The van der Waals surface area contributed by atoms with E-state index in [1.807, 2.05) is 0 Å². The Morgan fingerprint density at radius 2 is 1.76 bits per heavy atom. The number of nitro benzene ring substituents is 1. The summed E-state index contributed by atoms with van der Waals surface area (Å²) in [6.45, 7) is 1.10. The maximum atomic E-state index is 12.8. The van der Waals surface area contributed by atoms with E-state index in [0.717, 1.165) is 6.07 Å². The van der Waals surface area contributed by atoms with E-state index in [1.54, 1.807) is 12.1 Å². The van der Waals surface area contributed by atoms with Gasteiger partial charge in [0, 0.05) is 31.8 Å².